The van der Waals surface area contributed by atoms with Gasteiger partial charge in [0.1, 0.15) is 0 Å². The van der Waals surface area contributed by atoms with Crippen molar-refractivity contribution >= 4 is 6.03 Å². The Labute approximate surface area is 133 Å². The normalized spacial score (nSPS) is 21.7. The van der Waals surface area contributed by atoms with Gasteiger partial charge in [0.2, 0.25) is 0 Å². The quantitative estimate of drug-likeness (QED) is 0.797. The highest BCUT2D eigenvalue weighted by atomic mass is 16.5. The van der Waals surface area contributed by atoms with Crippen LogP contribution in [0.5, 0.6) is 0 Å². The molecule has 0 saturated carbocycles. The number of likely N-dealkylation sites (tertiary alicyclic amines) is 1. The molecule has 1 fully saturated rings. The van der Waals surface area contributed by atoms with Gasteiger partial charge < -0.3 is 14.5 Å². The van der Waals surface area contributed by atoms with Crippen molar-refractivity contribution < 1.29 is 9.53 Å². The number of amides is 2. The first-order valence-corrected chi connectivity index (χ1v) is 8.20. The SMILES string of the molecule is CCN(C)C(=O)N1CCC2(CC1)OC(C)(C)c1ccccc12. The molecule has 3 rings (SSSR count). The summed E-state index contributed by atoms with van der Waals surface area (Å²) in [6.07, 6.45) is 1.74. The van der Waals surface area contributed by atoms with E-state index in [1.807, 2.05) is 18.9 Å². The van der Waals surface area contributed by atoms with E-state index in [1.165, 1.54) is 11.1 Å². The molecule has 120 valence electrons. The van der Waals surface area contributed by atoms with E-state index in [9.17, 15) is 4.79 Å². The molecule has 0 N–H and O–H groups in total. The van der Waals surface area contributed by atoms with Crippen molar-refractivity contribution in [1.29, 1.82) is 0 Å². The lowest BCUT2D eigenvalue weighted by Crippen LogP contribution is -2.49. The number of nitrogens with zero attached hydrogens (tertiary/aromatic N) is 2. The molecule has 22 heavy (non-hydrogen) atoms. The van der Waals surface area contributed by atoms with E-state index in [4.69, 9.17) is 4.74 Å². The van der Waals surface area contributed by atoms with Crippen LogP contribution < -0.4 is 0 Å². The largest absolute Gasteiger partial charge is 0.360 e. The summed E-state index contributed by atoms with van der Waals surface area (Å²) in [5.41, 5.74) is 2.14. The van der Waals surface area contributed by atoms with Gasteiger partial charge in [-0.15, -0.1) is 0 Å². The summed E-state index contributed by atoms with van der Waals surface area (Å²) < 4.78 is 6.51. The van der Waals surface area contributed by atoms with Crippen LogP contribution in [0.2, 0.25) is 0 Å². The van der Waals surface area contributed by atoms with Crippen molar-refractivity contribution in [3.05, 3.63) is 35.4 Å². The van der Waals surface area contributed by atoms with Crippen molar-refractivity contribution in [1.82, 2.24) is 9.80 Å². The average molecular weight is 302 g/mol. The summed E-state index contributed by atoms with van der Waals surface area (Å²) in [5, 5.41) is 0. The number of ether oxygens (including phenoxy) is 1. The van der Waals surface area contributed by atoms with Crippen LogP contribution in [0.15, 0.2) is 24.3 Å². The van der Waals surface area contributed by atoms with E-state index < -0.39 is 0 Å². The fraction of sp³-hybridized carbons (Fsp3) is 0.611. The molecule has 2 aliphatic rings. The molecule has 4 heteroatoms. The second-order valence-electron chi connectivity index (χ2n) is 6.94. The first kappa shape index (κ1) is 15.3. The van der Waals surface area contributed by atoms with E-state index in [2.05, 4.69) is 38.1 Å². The monoisotopic (exact) mass is 302 g/mol. The highest BCUT2D eigenvalue weighted by Crippen LogP contribution is 2.51. The number of fused-ring (bicyclic) bond motifs is 2. The Morgan fingerprint density at radius 3 is 2.41 bits per heavy atom. The minimum atomic E-state index is -0.247. The van der Waals surface area contributed by atoms with Gasteiger partial charge in [0.15, 0.2) is 0 Å². The third-order valence-corrected chi connectivity index (χ3v) is 5.16. The third kappa shape index (κ3) is 2.30. The summed E-state index contributed by atoms with van der Waals surface area (Å²) in [6, 6.07) is 8.67. The minimum Gasteiger partial charge on any atom is -0.360 e. The minimum absolute atomic E-state index is 0.128. The van der Waals surface area contributed by atoms with Crippen LogP contribution in [-0.2, 0) is 15.9 Å². The third-order valence-electron chi connectivity index (χ3n) is 5.16. The maximum atomic E-state index is 12.3. The molecular weight excluding hydrogens is 276 g/mol. The van der Waals surface area contributed by atoms with E-state index in [0.717, 1.165) is 32.5 Å². The van der Waals surface area contributed by atoms with Crippen molar-refractivity contribution in [3.8, 4) is 0 Å². The van der Waals surface area contributed by atoms with Crippen molar-refractivity contribution in [3.63, 3.8) is 0 Å². The van der Waals surface area contributed by atoms with E-state index in [0.29, 0.717) is 0 Å². The summed E-state index contributed by atoms with van der Waals surface area (Å²) in [7, 11) is 1.86. The molecule has 1 spiro atoms. The molecule has 2 aliphatic heterocycles. The number of hydrogen-bond donors (Lipinski definition) is 0. The Balaban J connectivity index is 1.81. The first-order chi connectivity index (χ1) is 10.4. The van der Waals surface area contributed by atoms with Crippen LogP contribution in [0.3, 0.4) is 0 Å². The highest BCUT2D eigenvalue weighted by molar-refractivity contribution is 5.74. The van der Waals surface area contributed by atoms with E-state index in [1.54, 1.807) is 4.90 Å². The smallest absolute Gasteiger partial charge is 0.319 e. The molecular formula is C18H26N2O2. The van der Waals surface area contributed by atoms with Gasteiger partial charge in [0.25, 0.3) is 0 Å². The lowest BCUT2D eigenvalue weighted by Gasteiger charge is -2.41. The Kier molecular flexibility index (Phi) is 3.68. The molecule has 0 aromatic heterocycles. The van der Waals surface area contributed by atoms with Crippen molar-refractivity contribution in [2.45, 2.75) is 44.8 Å². The van der Waals surface area contributed by atoms with Crippen molar-refractivity contribution in [2.75, 3.05) is 26.7 Å². The molecule has 0 radical (unpaired) electrons. The number of urea groups is 1. The van der Waals surface area contributed by atoms with Gasteiger partial charge in [-0.05, 0) is 44.7 Å². The lowest BCUT2D eigenvalue weighted by atomic mass is 9.82. The van der Waals surface area contributed by atoms with Crippen LogP contribution >= 0.6 is 0 Å². The number of carbonyl (C=O) groups excluding carboxylic acids is 1. The van der Waals surface area contributed by atoms with Crippen LogP contribution in [0.25, 0.3) is 0 Å². The first-order valence-electron chi connectivity index (χ1n) is 8.20. The number of benzene rings is 1. The number of rotatable bonds is 1. The van der Waals surface area contributed by atoms with Crippen LogP contribution in [0.4, 0.5) is 4.79 Å². The van der Waals surface area contributed by atoms with Gasteiger partial charge >= 0.3 is 6.03 Å². The van der Waals surface area contributed by atoms with Gasteiger partial charge in [-0.3, -0.25) is 0 Å². The second kappa shape index (κ2) is 5.27. The van der Waals surface area contributed by atoms with Gasteiger partial charge in [-0.25, -0.2) is 4.79 Å². The zero-order chi connectivity index (χ0) is 16.0. The van der Waals surface area contributed by atoms with Gasteiger partial charge in [0, 0.05) is 26.7 Å². The van der Waals surface area contributed by atoms with Crippen LogP contribution in [0.1, 0.15) is 44.7 Å². The highest BCUT2D eigenvalue weighted by Gasteiger charge is 2.50. The zero-order valence-electron chi connectivity index (χ0n) is 14.1. The molecule has 0 atom stereocenters. The topological polar surface area (TPSA) is 32.8 Å². The molecule has 1 aromatic carbocycles. The van der Waals surface area contributed by atoms with Crippen molar-refractivity contribution in [2.24, 2.45) is 0 Å². The van der Waals surface area contributed by atoms with Gasteiger partial charge in [-0.1, -0.05) is 24.3 Å². The summed E-state index contributed by atoms with van der Waals surface area (Å²) in [5.74, 6) is 0. The fourth-order valence-corrected chi connectivity index (χ4v) is 3.81. The molecule has 1 saturated heterocycles. The summed E-state index contributed by atoms with van der Waals surface area (Å²) in [4.78, 5) is 16.0. The molecule has 0 bridgehead atoms. The molecule has 4 nitrogen and oxygen atoms in total. The standard InChI is InChI=1S/C18H26N2O2/c1-5-19(4)16(21)20-12-10-18(11-13-20)15-9-7-6-8-14(15)17(2,3)22-18/h6-9H,5,10-13H2,1-4H3. The summed E-state index contributed by atoms with van der Waals surface area (Å²) in [6.45, 7) is 8.54. The molecule has 0 aliphatic carbocycles. The molecule has 0 unspecified atom stereocenters. The summed E-state index contributed by atoms with van der Waals surface area (Å²) >= 11 is 0. The van der Waals surface area contributed by atoms with Gasteiger partial charge in [0.05, 0.1) is 11.2 Å². The Bertz CT molecular complexity index is 574. The second-order valence-corrected chi connectivity index (χ2v) is 6.94. The Hall–Kier alpha value is -1.55. The van der Waals surface area contributed by atoms with E-state index >= 15 is 0 Å². The van der Waals surface area contributed by atoms with Gasteiger partial charge in [-0.2, -0.15) is 0 Å². The number of piperidine rings is 1. The lowest BCUT2D eigenvalue weighted by molar-refractivity contribution is -0.147. The zero-order valence-corrected chi connectivity index (χ0v) is 14.1. The predicted molar refractivity (Wildman–Crippen MR) is 86.7 cm³/mol. The van der Waals surface area contributed by atoms with Crippen LogP contribution in [-0.4, -0.2) is 42.5 Å². The molecule has 2 heterocycles. The number of hydrogen-bond acceptors (Lipinski definition) is 2. The molecule has 2 amide bonds. The Morgan fingerprint density at radius 1 is 1.23 bits per heavy atom. The van der Waals surface area contributed by atoms with E-state index in [-0.39, 0.29) is 17.2 Å². The predicted octanol–water partition coefficient (Wildman–Crippen LogP) is 3.31. The molecule has 1 aromatic rings. The maximum absolute atomic E-state index is 12.3. The maximum Gasteiger partial charge on any atom is 0.319 e. The Morgan fingerprint density at radius 2 is 1.82 bits per heavy atom. The number of carbonyl (C=O) groups is 1. The average Bonchev–Trinajstić information content (AvgIpc) is 2.75. The van der Waals surface area contributed by atoms with Crippen LogP contribution in [0, 0.1) is 0 Å². The fourth-order valence-electron chi connectivity index (χ4n) is 3.81.